The highest BCUT2D eigenvalue weighted by atomic mass is 35.5. The Hall–Kier alpha value is -3.51. The standard InChI is InChI=1S/C26H27ClN4O6S/c27-20-10-8-19(9-11-20)17-31(38(34,35)24-6-2-1-3-7-24)18-23-13-12-22(37-23)16-29-30-26(33)25(32)28-15-21-5-4-14-36-21/h1-3,6-13,16,21H,4-5,14-15,17-18H2,(H,28,32)(H,30,33)/b29-16+/t21-/m0/s1. The summed E-state index contributed by atoms with van der Waals surface area (Å²) in [6.45, 7) is 0.955. The monoisotopic (exact) mass is 558 g/mol. The summed E-state index contributed by atoms with van der Waals surface area (Å²) in [7, 11) is -3.85. The highest BCUT2D eigenvalue weighted by molar-refractivity contribution is 7.89. The van der Waals surface area contributed by atoms with E-state index in [0.717, 1.165) is 18.4 Å². The van der Waals surface area contributed by atoms with E-state index in [1.165, 1.54) is 22.7 Å². The topological polar surface area (TPSA) is 130 Å². The van der Waals surface area contributed by atoms with E-state index in [0.29, 0.717) is 17.4 Å². The van der Waals surface area contributed by atoms with Gasteiger partial charge in [-0.1, -0.05) is 41.9 Å². The van der Waals surface area contributed by atoms with Crippen LogP contribution in [0.1, 0.15) is 29.9 Å². The second-order valence-corrected chi connectivity index (χ2v) is 10.9. The number of carbonyl (C=O) groups is 2. The molecule has 200 valence electrons. The molecule has 2 amide bonds. The van der Waals surface area contributed by atoms with Gasteiger partial charge in [0.2, 0.25) is 10.0 Å². The highest BCUT2D eigenvalue weighted by Crippen LogP contribution is 2.22. The van der Waals surface area contributed by atoms with E-state index in [-0.39, 0.29) is 36.4 Å². The minimum Gasteiger partial charge on any atom is -0.459 e. The number of hydrazone groups is 1. The molecule has 0 aliphatic carbocycles. The predicted molar refractivity (Wildman–Crippen MR) is 141 cm³/mol. The molecule has 3 aromatic rings. The third kappa shape index (κ3) is 7.51. The molecule has 0 radical (unpaired) electrons. The van der Waals surface area contributed by atoms with Gasteiger partial charge in [0.25, 0.3) is 0 Å². The van der Waals surface area contributed by atoms with Crippen LogP contribution in [0.4, 0.5) is 0 Å². The number of hydrogen-bond acceptors (Lipinski definition) is 7. The number of halogens is 1. The van der Waals surface area contributed by atoms with Gasteiger partial charge < -0.3 is 14.5 Å². The number of benzene rings is 2. The number of carbonyl (C=O) groups excluding carboxylic acids is 2. The summed E-state index contributed by atoms with van der Waals surface area (Å²) < 4.78 is 39.2. The summed E-state index contributed by atoms with van der Waals surface area (Å²) in [6.07, 6.45) is 2.91. The molecule has 2 N–H and O–H groups in total. The Bertz CT molecular complexity index is 1370. The molecule has 0 unspecified atom stereocenters. The van der Waals surface area contributed by atoms with E-state index in [9.17, 15) is 18.0 Å². The minimum atomic E-state index is -3.85. The molecule has 38 heavy (non-hydrogen) atoms. The Balaban J connectivity index is 1.39. The molecule has 1 atom stereocenters. The number of hydrogen-bond donors (Lipinski definition) is 2. The van der Waals surface area contributed by atoms with Crippen LogP contribution in [0.25, 0.3) is 0 Å². The molecule has 2 heterocycles. The van der Waals surface area contributed by atoms with Crippen LogP contribution in [0.15, 0.2) is 81.1 Å². The van der Waals surface area contributed by atoms with Crippen molar-refractivity contribution in [3.63, 3.8) is 0 Å². The number of furan rings is 1. The van der Waals surface area contributed by atoms with Gasteiger partial charge in [-0.05, 0) is 54.8 Å². The first-order chi connectivity index (χ1) is 18.3. The zero-order valence-electron chi connectivity index (χ0n) is 20.4. The van der Waals surface area contributed by atoms with Crippen molar-refractivity contribution in [2.24, 2.45) is 5.10 Å². The third-order valence-electron chi connectivity index (χ3n) is 5.75. The van der Waals surface area contributed by atoms with Crippen molar-refractivity contribution < 1.29 is 27.2 Å². The Kier molecular flexibility index (Phi) is 9.29. The zero-order chi connectivity index (χ0) is 27.0. The van der Waals surface area contributed by atoms with Gasteiger partial charge in [0.15, 0.2) is 0 Å². The van der Waals surface area contributed by atoms with Gasteiger partial charge in [0.1, 0.15) is 11.5 Å². The summed E-state index contributed by atoms with van der Waals surface area (Å²) in [4.78, 5) is 24.0. The van der Waals surface area contributed by atoms with Gasteiger partial charge in [-0.3, -0.25) is 9.59 Å². The molecule has 0 spiro atoms. The fraction of sp³-hybridized carbons (Fsp3) is 0.269. The van der Waals surface area contributed by atoms with Crippen LogP contribution < -0.4 is 10.7 Å². The van der Waals surface area contributed by atoms with Crippen molar-refractivity contribution in [2.75, 3.05) is 13.2 Å². The number of amides is 2. The molecule has 12 heteroatoms. The third-order valence-corrected chi connectivity index (χ3v) is 7.80. The van der Waals surface area contributed by atoms with E-state index in [1.807, 2.05) is 0 Å². The Morgan fingerprint density at radius 3 is 2.50 bits per heavy atom. The lowest BCUT2D eigenvalue weighted by molar-refractivity contribution is -0.139. The van der Waals surface area contributed by atoms with E-state index in [2.05, 4.69) is 15.8 Å². The van der Waals surface area contributed by atoms with Gasteiger partial charge in [0.05, 0.1) is 23.8 Å². The quantitative estimate of drug-likeness (QED) is 0.223. The number of rotatable bonds is 10. The first-order valence-corrected chi connectivity index (χ1v) is 13.7. The molecular weight excluding hydrogens is 532 g/mol. The van der Waals surface area contributed by atoms with Crippen LogP contribution in [0.5, 0.6) is 0 Å². The van der Waals surface area contributed by atoms with Crippen LogP contribution in [-0.4, -0.2) is 50.0 Å². The maximum Gasteiger partial charge on any atom is 0.329 e. The molecule has 1 aliphatic rings. The normalized spacial score (nSPS) is 15.7. The molecule has 4 rings (SSSR count). The summed E-state index contributed by atoms with van der Waals surface area (Å²) >= 11 is 5.97. The SMILES string of the molecule is O=C(NC[C@@H]1CCCO1)C(=O)N/N=C/c1ccc(CN(Cc2ccc(Cl)cc2)S(=O)(=O)c2ccccc2)o1. The molecule has 0 saturated carbocycles. The van der Waals surface area contributed by atoms with Crippen molar-refractivity contribution >= 4 is 39.7 Å². The molecule has 1 aromatic heterocycles. The van der Waals surface area contributed by atoms with Crippen molar-refractivity contribution in [3.05, 3.63) is 88.8 Å². The maximum atomic E-state index is 13.4. The summed E-state index contributed by atoms with van der Waals surface area (Å²) in [6, 6.07) is 18.2. The fourth-order valence-corrected chi connectivity index (χ4v) is 5.32. The number of sulfonamides is 1. The first-order valence-electron chi connectivity index (χ1n) is 11.9. The van der Waals surface area contributed by atoms with Crippen LogP contribution in [0, 0.1) is 0 Å². The Morgan fingerprint density at radius 1 is 1.03 bits per heavy atom. The number of ether oxygens (including phenoxy) is 1. The lowest BCUT2D eigenvalue weighted by Crippen LogP contribution is -2.41. The van der Waals surface area contributed by atoms with Crippen LogP contribution in [-0.2, 0) is 37.4 Å². The van der Waals surface area contributed by atoms with Crippen molar-refractivity contribution in [2.45, 2.75) is 36.9 Å². The molecule has 0 bridgehead atoms. The summed E-state index contributed by atoms with van der Waals surface area (Å²) in [5.74, 6) is -1.11. The average Bonchev–Trinajstić information content (AvgIpc) is 3.61. The van der Waals surface area contributed by atoms with Crippen LogP contribution >= 0.6 is 11.6 Å². The van der Waals surface area contributed by atoms with Crippen molar-refractivity contribution in [3.8, 4) is 0 Å². The predicted octanol–water partition coefficient (Wildman–Crippen LogP) is 3.07. The second kappa shape index (κ2) is 12.8. The van der Waals surface area contributed by atoms with Gasteiger partial charge in [-0.25, -0.2) is 13.8 Å². The average molecular weight is 559 g/mol. The highest BCUT2D eigenvalue weighted by Gasteiger charge is 2.26. The van der Waals surface area contributed by atoms with Crippen molar-refractivity contribution in [1.82, 2.24) is 15.0 Å². The van der Waals surface area contributed by atoms with Crippen molar-refractivity contribution in [1.29, 1.82) is 0 Å². The number of nitrogens with zero attached hydrogens (tertiary/aromatic N) is 2. The van der Waals surface area contributed by atoms with E-state index >= 15 is 0 Å². The summed E-state index contributed by atoms with van der Waals surface area (Å²) in [5.41, 5.74) is 2.89. The van der Waals surface area contributed by atoms with Crippen LogP contribution in [0.2, 0.25) is 5.02 Å². The van der Waals surface area contributed by atoms with Gasteiger partial charge in [0, 0.05) is 24.7 Å². The van der Waals surface area contributed by atoms with E-state index < -0.39 is 21.8 Å². The van der Waals surface area contributed by atoms with Gasteiger partial charge in [-0.15, -0.1) is 0 Å². The lowest BCUT2D eigenvalue weighted by Gasteiger charge is -2.21. The molecule has 2 aromatic carbocycles. The molecular formula is C26H27ClN4O6S. The van der Waals surface area contributed by atoms with Gasteiger partial charge >= 0.3 is 11.8 Å². The van der Waals surface area contributed by atoms with Gasteiger partial charge in [-0.2, -0.15) is 9.41 Å². The fourth-order valence-electron chi connectivity index (χ4n) is 3.78. The molecule has 1 fully saturated rings. The molecule has 1 aliphatic heterocycles. The van der Waals surface area contributed by atoms with E-state index in [4.69, 9.17) is 20.8 Å². The minimum absolute atomic E-state index is 0.0499. The largest absolute Gasteiger partial charge is 0.459 e. The molecule has 10 nitrogen and oxygen atoms in total. The smallest absolute Gasteiger partial charge is 0.329 e. The summed E-state index contributed by atoms with van der Waals surface area (Å²) in [5, 5.41) is 6.81. The Labute approximate surface area is 225 Å². The second-order valence-electron chi connectivity index (χ2n) is 8.56. The molecule has 1 saturated heterocycles. The first kappa shape index (κ1) is 27.5. The van der Waals surface area contributed by atoms with Crippen LogP contribution in [0.3, 0.4) is 0 Å². The Morgan fingerprint density at radius 2 is 1.79 bits per heavy atom. The van der Waals surface area contributed by atoms with E-state index in [1.54, 1.807) is 54.6 Å². The number of nitrogens with one attached hydrogen (secondary N) is 2. The zero-order valence-corrected chi connectivity index (χ0v) is 22.0. The maximum absolute atomic E-state index is 13.4. The lowest BCUT2D eigenvalue weighted by atomic mass is 10.2.